The molecule has 0 aromatic heterocycles. The molecule has 0 heterocycles. The van der Waals surface area contributed by atoms with Crippen LogP contribution in [0.25, 0.3) is 0 Å². The Hall–Kier alpha value is -1.25. The Morgan fingerprint density at radius 3 is 2.74 bits per heavy atom. The van der Waals surface area contributed by atoms with Crippen LogP contribution in [0.3, 0.4) is 0 Å². The molecule has 6 heteroatoms. The number of anilines is 1. The van der Waals surface area contributed by atoms with Crippen molar-refractivity contribution in [2.75, 3.05) is 11.6 Å². The fourth-order valence-corrected chi connectivity index (χ4v) is 4.39. The molecule has 0 bridgehead atoms. The van der Waals surface area contributed by atoms with Gasteiger partial charge >= 0.3 is 0 Å². The maximum absolute atomic E-state index is 11.9. The fraction of sp³-hybridized carbons (Fsp3) is 0.462. The molecule has 102 valence electrons. The number of hydrogen-bond acceptors (Lipinski definition) is 4. The van der Waals surface area contributed by atoms with Gasteiger partial charge in [0.05, 0.1) is 22.0 Å². The molecule has 4 nitrogen and oxygen atoms in total. The van der Waals surface area contributed by atoms with E-state index in [2.05, 4.69) is 11.4 Å². The summed E-state index contributed by atoms with van der Waals surface area (Å²) in [6.07, 6.45) is 2.91. The molecule has 1 aromatic carbocycles. The highest BCUT2D eigenvalue weighted by molar-refractivity contribution is 7.91. The molecular formula is C13H15ClN2O2S. The maximum atomic E-state index is 11.9. The van der Waals surface area contributed by atoms with Gasteiger partial charge in [0.1, 0.15) is 5.54 Å². The van der Waals surface area contributed by atoms with Crippen LogP contribution in [0, 0.1) is 11.3 Å². The Labute approximate surface area is 118 Å². The van der Waals surface area contributed by atoms with Crippen molar-refractivity contribution in [1.82, 2.24) is 0 Å². The molecule has 0 spiro atoms. The number of sulfone groups is 1. The second-order valence-electron chi connectivity index (χ2n) is 4.90. The third-order valence-corrected chi connectivity index (χ3v) is 5.54. The molecule has 1 saturated carbocycles. The number of nitrogens with zero attached hydrogens (tertiary/aromatic N) is 1. The summed E-state index contributed by atoms with van der Waals surface area (Å²) in [6.45, 7) is 0. The van der Waals surface area contributed by atoms with Crippen LogP contribution < -0.4 is 5.32 Å². The van der Waals surface area contributed by atoms with E-state index in [1.165, 1.54) is 6.26 Å². The average Bonchev–Trinajstić information content (AvgIpc) is 2.76. The minimum absolute atomic E-state index is 0.483. The minimum atomic E-state index is -3.28. The second kappa shape index (κ2) is 5.03. The molecular weight excluding hydrogens is 284 g/mol. The van der Waals surface area contributed by atoms with E-state index >= 15 is 0 Å². The van der Waals surface area contributed by atoms with Crippen LogP contribution in [0.5, 0.6) is 0 Å². The number of rotatable bonds is 3. The van der Waals surface area contributed by atoms with Crippen LogP contribution in [-0.2, 0) is 9.84 Å². The largest absolute Gasteiger partial charge is 0.365 e. The molecule has 2 unspecified atom stereocenters. The molecule has 2 atom stereocenters. The Morgan fingerprint density at radius 2 is 2.16 bits per heavy atom. The first-order valence-electron chi connectivity index (χ1n) is 6.02. The topological polar surface area (TPSA) is 70.0 Å². The Bertz CT molecular complexity index is 624. The van der Waals surface area contributed by atoms with E-state index in [9.17, 15) is 13.7 Å². The standard InChI is InChI=1S/C13H15ClN2O2S/c1-19(17,18)12-7-4-8-13(12,9-15)16-11-6-3-2-5-10(11)14/h2-3,5-6,12,16H,4,7-8H2,1H3. The molecule has 1 aliphatic carbocycles. The summed E-state index contributed by atoms with van der Waals surface area (Å²) in [4.78, 5) is 0. The van der Waals surface area contributed by atoms with Gasteiger partial charge in [-0.15, -0.1) is 0 Å². The van der Waals surface area contributed by atoms with E-state index in [1.54, 1.807) is 24.3 Å². The summed E-state index contributed by atoms with van der Waals surface area (Å²) in [7, 11) is -3.28. The predicted molar refractivity (Wildman–Crippen MR) is 75.9 cm³/mol. The maximum Gasteiger partial charge on any atom is 0.153 e. The third kappa shape index (κ3) is 2.70. The quantitative estimate of drug-likeness (QED) is 0.931. The van der Waals surface area contributed by atoms with Crippen molar-refractivity contribution in [1.29, 1.82) is 5.26 Å². The molecule has 0 aliphatic heterocycles. The second-order valence-corrected chi connectivity index (χ2v) is 7.53. The summed E-state index contributed by atoms with van der Waals surface area (Å²) in [6, 6.07) is 9.20. The van der Waals surface area contributed by atoms with Gasteiger partial charge in [-0.3, -0.25) is 0 Å². The number of nitriles is 1. The van der Waals surface area contributed by atoms with Gasteiger partial charge in [0.15, 0.2) is 9.84 Å². The zero-order valence-electron chi connectivity index (χ0n) is 10.6. The number of halogens is 1. The highest BCUT2D eigenvalue weighted by Crippen LogP contribution is 2.38. The van der Waals surface area contributed by atoms with E-state index in [-0.39, 0.29) is 0 Å². The number of benzene rings is 1. The van der Waals surface area contributed by atoms with Crippen molar-refractivity contribution in [3.05, 3.63) is 29.3 Å². The molecule has 19 heavy (non-hydrogen) atoms. The van der Waals surface area contributed by atoms with Crippen molar-refractivity contribution in [2.24, 2.45) is 0 Å². The van der Waals surface area contributed by atoms with Gasteiger partial charge in [0.2, 0.25) is 0 Å². The zero-order valence-corrected chi connectivity index (χ0v) is 12.1. The Balaban J connectivity index is 2.40. The lowest BCUT2D eigenvalue weighted by Gasteiger charge is -2.30. The number of hydrogen-bond donors (Lipinski definition) is 1. The first-order chi connectivity index (χ1) is 8.89. The first kappa shape index (κ1) is 14.2. The fourth-order valence-electron chi connectivity index (χ4n) is 2.65. The summed E-state index contributed by atoms with van der Waals surface area (Å²) < 4.78 is 23.7. The molecule has 2 rings (SSSR count). The van der Waals surface area contributed by atoms with Crippen LogP contribution in [0.4, 0.5) is 5.69 Å². The van der Waals surface area contributed by atoms with Crippen molar-refractivity contribution in [3.63, 3.8) is 0 Å². The van der Waals surface area contributed by atoms with Gasteiger partial charge in [-0.1, -0.05) is 23.7 Å². The molecule has 1 fully saturated rings. The smallest absolute Gasteiger partial charge is 0.153 e. The van der Waals surface area contributed by atoms with Gasteiger partial charge in [0, 0.05) is 6.26 Å². The van der Waals surface area contributed by atoms with Crippen LogP contribution in [0.15, 0.2) is 24.3 Å². The normalized spacial score (nSPS) is 26.9. The van der Waals surface area contributed by atoms with Gasteiger partial charge in [-0.2, -0.15) is 5.26 Å². The van der Waals surface area contributed by atoms with E-state index in [0.29, 0.717) is 30.0 Å². The summed E-state index contributed by atoms with van der Waals surface area (Å²) >= 11 is 6.06. The monoisotopic (exact) mass is 298 g/mol. The summed E-state index contributed by atoms with van der Waals surface area (Å²) in [5.41, 5.74) is -0.486. The summed E-state index contributed by atoms with van der Waals surface area (Å²) in [5, 5.41) is 12.3. The van der Waals surface area contributed by atoms with E-state index in [1.807, 2.05) is 0 Å². The molecule has 1 N–H and O–H groups in total. The van der Waals surface area contributed by atoms with Gasteiger partial charge in [-0.05, 0) is 31.4 Å². The van der Waals surface area contributed by atoms with E-state index in [0.717, 1.165) is 0 Å². The van der Waals surface area contributed by atoms with Crippen LogP contribution in [0.1, 0.15) is 19.3 Å². The Morgan fingerprint density at radius 1 is 1.47 bits per heavy atom. The number of para-hydroxylation sites is 1. The molecule has 1 aromatic rings. The lowest BCUT2D eigenvalue weighted by molar-refractivity contribution is 0.552. The van der Waals surface area contributed by atoms with Crippen molar-refractivity contribution in [2.45, 2.75) is 30.1 Å². The highest BCUT2D eigenvalue weighted by atomic mass is 35.5. The van der Waals surface area contributed by atoms with Crippen molar-refractivity contribution in [3.8, 4) is 6.07 Å². The van der Waals surface area contributed by atoms with Crippen LogP contribution in [-0.4, -0.2) is 25.5 Å². The average molecular weight is 299 g/mol. The summed E-state index contributed by atoms with van der Waals surface area (Å²) in [5.74, 6) is 0. The lowest BCUT2D eigenvalue weighted by atomic mass is 9.99. The van der Waals surface area contributed by atoms with E-state index < -0.39 is 20.6 Å². The Kier molecular flexibility index (Phi) is 3.75. The third-order valence-electron chi connectivity index (χ3n) is 3.53. The molecule has 0 saturated heterocycles. The SMILES string of the molecule is CS(=O)(=O)C1CCCC1(C#N)Nc1ccccc1Cl. The van der Waals surface area contributed by atoms with Gasteiger partial charge in [-0.25, -0.2) is 8.42 Å². The molecule has 1 aliphatic rings. The minimum Gasteiger partial charge on any atom is -0.365 e. The lowest BCUT2D eigenvalue weighted by Crippen LogP contribution is -2.47. The van der Waals surface area contributed by atoms with Crippen molar-refractivity contribution < 1.29 is 8.42 Å². The van der Waals surface area contributed by atoms with Crippen LogP contribution >= 0.6 is 11.6 Å². The van der Waals surface area contributed by atoms with E-state index in [4.69, 9.17) is 11.6 Å². The number of nitrogens with one attached hydrogen (secondary N) is 1. The van der Waals surface area contributed by atoms with Gasteiger partial charge < -0.3 is 5.32 Å². The zero-order chi connectivity index (χ0) is 14.1. The van der Waals surface area contributed by atoms with Gasteiger partial charge in [0.25, 0.3) is 0 Å². The highest BCUT2D eigenvalue weighted by Gasteiger charge is 2.49. The molecule has 0 radical (unpaired) electrons. The van der Waals surface area contributed by atoms with Crippen molar-refractivity contribution >= 4 is 27.1 Å². The molecule has 0 amide bonds. The van der Waals surface area contributed by atoms with Crippen LogP contribution in [0.2, 0.25) is 5.02 Å². The predicted octanol–water partition coefficient (Wildman–Crippen LogP) is 2.61. The first-order valence-corrected chi connectivity index (χ1v) is 8.35.